The Labute approximate surface area is 228 Å². The predicted octanol–water partition coefficient (Wildman–Crippen LogP) is 6.54. The van der Waals surface area contributed by atoms with E-state index in [1.165, 1.54) is 5.56 Å². The average Bonchev–Trinajstić information content (AvgIpc) is 2.91. The number of carbonyl (C=O) groups excluding carboxylic acids is 2. The molecule has 5 rings (SSSR count). The number of para-hydroxylation sites is 1. The molecule has 2 atom stereocenters. The molecule has 2 heterocycles. The number of hydrogen-bond donors (Lipinski definition) is 1. The standard InChI is InChI=1S/C32H32ClN3O2/c1-21-15-22(2)17-25(16-21)32(38)36-14-12-27(18-28(36)19-31(37)23-7-9-26(33)10-8-23)35-20-24-11-13-34-30-6-4-3-5-29(24)30/h3-11,13,15-17,27-28,35H,12,14,18-20H2,1-2H3/t27-,28+/m0/s1. The van der Waals surface area contributed by atoms with E-state index in [0.29, 0.717) is 35.7 Å². The molecule has 4 aromatic rings. The zero-order valence-electron chi connectivity index (χ0n) is 21.8. The Bertz CT molecular complexity index is 1440. The van der Waals surface area contributed by atoms with Crippen LogP contribution in [0, 0.1) is 13.8 Å². The van der Waals surface area contributed by atoms with E-state index in [2.05, 4.69) is 28.5 Å². The number of carbonyl (C=O) groups is 2. The lowest BCUT2D eigenvalue weighted by molar-refractivity contribution is 0.0550. The van der Waals surface area contributed by atoms with Crippen LogP contribution in [-0.4, -0.2) is 40.2 Å². The highest BCUT2D eigenvalue weighted by Crippen LogP contribution is 2.26. The summed E-state index contributed by atoms with van der Waals surface area (Å²) in [5, 5.41) is 5.44. The van der Waals surface area contributed by atoms with Gasteiger partial charge in [0.2, 0.25) is 0 Å². The second-order valence-electron chi connectivity index (χ2n) is 10.3. The number of aromatic nitrogens is 1. The number of hydrogen-bond acceptors (Lipinski definition) is 4. The van der Waals surface area contributed by atoms with Crippen LogP contribution in [0.5, 0.6) is 0 Å². The van der Waals surface area contributed by atoms with Crippen LogP contribution in [0.2, 0.25) is 5.02 Å². The molecule has 194 valence electrons. The van der Waals surface area contributed by atoms with Gasteiger partial charge in [-0.1, -0.05) is 47.0 Å². The quantitative estimate of drug-likeness (QED) is 0.278. The van der Waals surface area contributed by atoms with Crippen LogP contribution in [0.25, 0.3) is 10.9 Å². The monoisotopic (exact) mass is 525 g/mol. The summed E-state index contributed by atoms with van der Waals surface area (Å²) in [4.78, 5) is 33.3. The highest BCUT2D eigenvalue weighted by molar-refractivity contribution is 6.30. The van der Waals surface area contributed by atoms with Crippen molar-refractivity contribution in [1.82, 2.24) is 15.2 Å². The molecule has 0 unspecified atom stereocenters. The minimum absolute atomic E-state index is 0.00992. The van der Waals surface area contributed by atoms with Gasteiger partial charge in [0.05, 0.1) is 5.52 Å². The van der Waals surface area contributed by atoms with Crippen LogP contribution < -0.4 is 5.32 Å². The number of rotatable bonds is 7. The molecule has 1 amide bonds. The molecule has 0 bridgehead atoms. The third-order valence-electron chi connectivity index (χ3n) is 7.35. The summed E-state index contributed by atoms with van der Waals surface area (Å²) in [5.74, 6) is 0.00921. The molecule has 1 fully saturated rings. The first-order valence-electron chi connectivity index (χ1n) is 13.1. The topological polar surface area (TPSA) is 62.3 Å². The summed E-state index contributed by atoms with van der Waals surface area (Å²) in [6.07, 6.45) is 3.65. The summed E-state index contributed by atoms with van der Waals surface area (Å²) >= 11 is 6.03. The first-order valence-corrected chi connectivity index (χ1v) is 13.5. The zero-order chi connectivity index (χ0) is 26.6. The average molecular weight is 526 g/mol. The van der Waals surface area contributed by atoms with Crippen LogP contribution in [0.1, 0.15) is 56.7 Å². The molecule has 6 heteroatoms. The number of ketones is 1. The van der Waals surface area contributed by atoms with Crippen LogP contribution in [0.4, 0.5) is 0 Å². The van der Waals surface area contributed by atoms with Crippen molar-refractivity contribution >= 4 is 34.2 Å². The van der Waals surface area contributed by atoms with Crippen LogP contribution in [0.15, 0.2) is 79.0 Å². The fourth-order valence-corrected chi connectivity index (χ4v) is 5.62. The molecule has 1 aliphatic heterocycles. The Morgan fingerprint density at radius 2 is 1.71 bits per heavy atom. The lowest BCUT2D eigenvalue weighted by Gasteiger charge is -2.40. The highest BCUT2D eigenvalue weighted by atomic mass is 35.5. The molecule has 1 N–H and O–H groups in total. The summed E-state index contributed by atoms with van der Waals surface area (Å²) in [6.45, 7) is 5.31. The van der Waals surface area contributed by atoms with Crippen LogP contribution in [-0.2, 0) is 6.54 Å². The fourth-order valence-electron chi connectivity index (χ4n) is 5.49. The number of fused-ring (bicyclic) bond motifs is 1. The SMILES string of the molecule is Cc1cc(C)cc(C(=O)N2CC[C@H](NCc3ccnc4ccccc34)C[C@@H]2CC(=O)c2ccc(Cl)cc2)c1. The Morgan fingerprint density at radius 3 is 2.47 bits per heavy atom. The molecule has 1 aromatic heterocycles. The smallest absolute Gasteiger partial charge is 0.254 e. The minimum atomic E-state index is -0.202. The number of amides is 1. The summed E-state index contributed by atoms with van der Waals surface area (Å²) < 4.78 is 0. The van der Waals surface area contributed by atoms with Gasteiger partial charge < -0.3 is 10.2 Å². The van der Waals surface area contributed by atoms with Crippen molar-refractivity contribution in [1.29, 1.82) is 0 Å². The van der Waals surface area contributed by atoms with Gasteiger partial charge in [-0.25, -0.2) is 0 Å². The van der Waals surface area contributed by atoms with Gasteiger partial charge in [-0.3, -0.25) is 14.6 Å². The van der Waals surface area contributed by atoms with Crippen molar-refractivity contribution in [2.75, 3.05) is 6.54 Å². The van der Waals surface area contributed by atoms with Gasteiger partial charge in [0.25, 0.3) is 5.91 Å². The van der Waals surface area contributed by atoms with Crippen LogP contribution >= 0.6 is 11.6 Å². The predicted molar refractivity (Wildman–Crippen MR) is 153 cm³/mol. The van der Waals surface area contributed by atoms with Gasteiger partial charge in [0.15, 0.2) is 5.78 Å². The first-order chi connectivity index (χ1) is 18.4. The molecule has 5 nitrogen and oxygen atoms in total. The Hall–Kier alpha value is -3.54. The molecule has 38 heavy (non-hydrogen) atoms. The lowest BCUT2D eigenvalue weighted by Crippen LogP contribution is -2.51. The number of nitrogens with one attached hydrogen (secondary N) is 1. The number of piperidine rings is 1. The second kappa shape index (κ2) is 11.5. The van der Waals surface area contributed by atoms with Crippen molar-refractivity contribution < 1.29 is 9.59 Å². The van der Waals surface area contributed by atoms with Crippen molar-refractivity contribution in [3.8, 4) is 0 Å². The maximum absolute atomic E-state index is 13.7. The second-order valence-corrected chi connectivity index (χ2v) is 10.7. The molecule has 0 radical (unpaired) electrons. The number of benzene rings is 3. The Kier molecular flexibility index (Phi) is 7.87. The largest absolute Gasteiger partial charge is 0.335 e. The number of pyridine rings is 1. The minimum Gasteiger partial charge on any atom is -0.335 e. The molecule has 0 saturated carbocycles. The van der Waals surface area contributed by atoms with Gasteiger partial charge in [0, 0.05) is 59.3 Å². The molecule has 1 aliphatic rings. The number of halogens is 1. The third kappa shape index (κ3) is 5.95. The first kappa shape index (κ1) is 26.1. The van der Waals surface area contributed by atoms with Crippen molar-refractivity contribution in [2.24, 2.45) is 0 Å². The highest BCUT2D eigenvalue weighted by Gasteiger charge is 2.33. The van der Waals surface area contributed by atoms with E-state index < -0.39 is 0 Å². The van der Waals surface area contributed by atoms with E-state index >= 15 is 0 Å². The lowest BCUT2D eigenvalue weighted by atomic mass is 9.90. The molecule has 0 aliphatic carbocycles. The zero-order valence-corrected chi connectivity index (χ0v) is 22.5. The number of aryl methyl sites for hydroxylation is 2. The summed E-state index contributed by atoms with van der Waals surface area (Å²) in [7, 11) is 0. The van der Waals surface area contributed by atoms with Gasteiger partial charge in [0.1, 0.15) is 0 Å². The Morgan fingerprint density at radius 1 is 0.974 bits per heavy atom. The van der Waals surface area contributed by atoms with Crippen molar-refractivity contribution in [2.45, 2.75) is 51.7 Å². The molecular weight excluding hydrogens is 494 g/mol. The van der Waals surface area contributed by atoms with Gasteiger partial charge in [-0.2, -0.15) is 0 Å². The van der Waals surface area contributed by atoms with E-state index in [0.717, 1.165) is 28.5 Å². The third-order valence-corrected chi connectivity index (χ3v) is 7.61. The van der Waals surface area contributed by atoms with Gasteiger partial charge >= 0.3 is 0 Å². The normalized spacial score (nSPS) is 17.5. The number of nitrogens with zero attached hydrogens (tertiary/aromatic N) is 2. The molecule has 0 spiro atoms. The van der Waals surface area contributed by atoms with E-state index in [9.17, 15) is 9.59 Å². The summed E-state index contributed by atoms with van der Waals surface area (Å²) in [5.41, 5.74) is 5.59. The maximum Gasteiger partial charge on any atom is 0.254 e. The van der Waals surface area contributed by atoms with Crippen LogP contribution in [0.3, 0.4) is 0 Å². The fraction of sp³-hybridized carbons (Fsp3) is 0.281. The van der Waals surface area contributed by atoms with Gasteiger partial charge in [-0.15, -0.1) is 0 Å². The van der Waals surface area contributed by atoms with Gasteiger partial charge in [-0.05, 0) is 80.8 Å². The Balaban J connectivity index is 1.35. The van der Waals surface area contributed by atoms with Crippen molar-refractivity contribution in [3.63, 3.8) is 0 Å². The molecule has 1 saturated heterocycles. The van der Waals surface area contributed by atoms with E-state index in [1.54, 1.807) is 24.3 Å². The van der Waals surface area contributed by atoms with E-state index in [1.807, 2.05) is 55.3 Å². The molecular formula is C32H32ClN3O2. The number of Topliss-reactive ketones (excluding diaryl/α,β-unsaturated/α-hetero) is 1. The van der Waals surface area contributed by atoms with Crippen molar-refractivity contribution in [3.05, 3.63) is 112 Å². The van der Waals surface area contributed by atoms with E-state index in [-0.39, 0.29) is 30.2 Å². The number of likely N-dealkylation sites (tertiary alicyclic amines) is 1. The summed E-state index contributed by atoms with van der Waals surface area (Å²) in [6, 6.07) is 23.1. The molecule has 3 aromatic carbocycles. The van der Waals surface area contributed by atoms with E-state index in [4.69, 9.17) is 11.6 Å². The maximum atomic E-state index is 13.7.